The second-order valence-corrected chi connectivity index (χ2v) is 7.47. The van der Waals surface area contributed by atoms with E-state index in [0.29, 0.717) is 24.7 Å². The average molecular weight is 449 g/mol. The number of amides is 1. The maximum absolute atomic E-state index is 13.0. The molecule has 0 aliphatic carbocycles. The molecule has 0 radical (unpaired) electrons. The van der Waals surface area contributed by atoms with Gasteiger partial charge in [-0.15, -0.1) is 0 Å². The summed E-state index contributed by atoms with van der Waals surface area (Å²) in [5.74, 6) is -0.511. The predicted octanol–water partition coefficient (Wildman–Crippen LogP) is 3.83. The molecule has 1 atom stereocenters. The second kappa shape index (κ2) is 9.65. The molecule has 164 valence electrons. The highest BCUT2D eigenvalue weighted by atomic mass is 35.5. The molecule has 2 aromatic rings. The summed E-state index contributed by atoms with van der Waals surface area (Å²) in [6.07, 6.45) is -0.654. The van der Waals surface area contributed by atoms with Crippen LogP contribution in [0.2, 0.25) is 5.02 Å². The lowest BCUT2D eigenvalue weighted by Gasteiger charge is -2.22. The van der Waals surface area contributed by atoms with E-state index in [1.165, 1.54) is 30.3 Å². The Balaban J connectivity index is 1.91. The molecule has 1 aliphatic heterocycles. The van der Waals surface area contributed by atoms with Crippen LogP contribution in [0.5, 0.6) is 11.5 Å². The third-order valence-electron chi connectivity index (χ3n) is 4.41. The molecule has 0 saturated heterocycles. The molecular weight excluding hydrogens is 428 g/mol. The van der Waals surface area contributed by atoms with Crippen LogP contribution in [0.15, 0.2) is 36.4 Å². The van der Waals surface area contributed by atoms with Gasteiger partial charge in [-0.25, -0.2) is 0 Å². The topological polar surface area (TPSA) is 117 Å². The lowest BCUT2D eigenvalue weighted by molar-refractivity contribution is -0.385. The highest BCUT2D eigenvalue weighted by molar-refractivity contribution is 6.32. The normalized spacial score (nSPS) is 13.4. The van der Waals surface area contributed by atoms with Crippen molar-refractivity contribution >= 4 is 29.2 Å². The number of nitrogens with one attached hydrogen (secondary N) is 1. The van der Waals surface area contributed by atoms with Gasteiger partial charge < -0.3 is 19.5 Å². The van der Waals surface area contributed by atoms with Crippen molar-refractivity contribution < 1.29 is 28.7 Å². The number of nitro benzene ring substituents is 1. The Morgan fingerprint density at radius 1 is 1.23 bits per heavy atom. The first-order chi connectivity index (χ1) is 14.8. The molecule has 0 bridgehead atoms. The fraction of sp³-hybridized carbons (Fsp3) is 0.333. The van der Waals surface area contributed by atoms with Gasteiger partial charge in [-0.1, -0.05) is 29.8 Å². The molecule has 1 heterocycles. The summed E-state index contributed by atoms with van der Waals surface area (Å²) in [4.78, 5) is 36.2. The number of para-hydroxylation sites is 1. The number of carbonyl (C=O) groups is 2. The molecule has 0 fully saturated rings. The lowest BCUT2D eigenvalue weighted by Crippen LogP contribution is -2.31. The zero-order valence-corrected chi connectivity index (χ0v) is 17.7. The minimum Gasteiger partial charge on any atom is -0.486 e. The van der Waals surface area contributed by atoms with E-state index in [4.69, 9.17) is 25.8 Å². The molecule has 10 heteroatoms. The van der Waals surface area contributed by atoms with Crippen LogP contribution in [0.4, 0.5) is 5.69 Å². The first-order valence-corrected chi connectivity index (χ1v) is 9.97. The van der Waals surface area contributed by atoms with Gasteiger partial charge in [0.1, 0.15) is 13.2 Å². The summed E-state index contributed by atoms with van der Waals surface area (Å²) < 4.78 is 16.1. The Kier molecular flexibility index (Phi) is 6.96. The van der Waals surface area contributed by atoms with Crippen molar-refractivity contribution in [2.24, 2.45) is 0 Å². The van der Waals surface area contributed by atoms with Crippen LogP contribution in [0.25, 0.3) is 0 Å². The Morgan fingerprint density at radius 3 is 2.65 bits per heavy atom. The summed E-state index contributed by atoms with van der Waals surface area (Å²) in [6, 6.07) is 7.79. The average Bonchev–Trinajstić information content (AvgIpc) is 2.72. The standard InChI is InChI=1S/C21H21ClN2O7/c1-12(2)31-19(25)11-16(14-5-3-4-6-17(14)24(27)28)23-21(26)13-9-15(22)20-18(10-13)29-7-8-30-20/h3-6,9-10,12,16H,7-8,11H2,1-2H3,(H,23,26)/t16-/m1/s1. The Bertz CT molecular complexity index is 1010. The van der Waals surface area contributed by atoms with E-state index in [0.717, 1.165) is 0 Å². The van der Waals surface area contributed by atoms with E-state index < -0.39 is 22.8 Å². The molecule has 9 nitrogen and oxygen atoms in total. The molecule has 0 saturated carbocycles. The SMILES string of the molecule is CC(C)OC(=O)C[C@@H](NC(=O)c1cc(Cl)c2c(c1)OCCO2)c1ccccc1[N+](=O)[O-]. The van der Waals surface area contributed by atoms with Crippen molar-refractivity contribution in [3.8, 4) is 11.5 Å². The van der Waals surface area contributed by atoms with Crippen molar-refractivity contribution in [2.75, 3.05) is 13.2 Å². The number of fused-ring (bicyclic) bond motifs is 1. The molecule has 1 N–H and O–H groups in total. The van der Waals surface area contributed by atoms with E-state index in [1.807, 2.05) is 0 Å². The predicted molar refractivity (Wildman–Crippen MR) is 112 cm³/mol. The molecular formula is C21H21ClN2O7. The van der Waals surface area contributed by atoms with Gasteiger partial charge in [0, 0.05) is 11.6 Å². The third-order valence-corrected chi connectivity index (χ3v) is 4.69. The van der Waals surface area contributed by atoms with E-state index in [1.54, 1.807) is 19.9 Å². The highest BCUT2D eigenvalue weighted by Gasteiger charge is 2.28. The van der Waals surface area contributed by atoms with E-state index >= 15 is 0 Å². The summed E-state index contributed by atoms with van der Waals surface area (Å²) >= 11 is 6.20. The molecule has 1 amide bonds. The number of esters is 1. The minimum atomic E-state index is -0.993. The summed E-state index contributed by atoms with van der Waals surface area (Å²) in [7, 11) is 0. The molecule has 3 rings (SSSR count). The number of nitro groups is 1. The molecule has 0 spiro atoms. The molecule has 1 aliphatic rings. The number of hydrogen-bond acceptors (Lipinski definition) is 7. The molecule has 31 heavy (non-hydrogen) atoms. The Hall–Kier alpha value is -3.33. The van der Waals surface area contributed by atoms with Crippen LogP contribution in [0.3, 0.4) is 0 Å². The van der Waals surface area contributed by atoms with Crippen LogP contribution in [-0.4, -0.2) is 36.1 Å². The maximum atomic E-state index is 13.0. The van der Waals surface area contributed by atoms with Gasteiger partial charge in [-0.05, 0) is 26.0 Å². The summed E-state index contributed by atoms with van der Waals surface area (Å²) in [5, 5.41) is 14.4. The highest BCUT2D eigenvalue weighted by Crippen LogP contribution is 2.38. The quantitative estimate of drug-likeness (QED) is 0.388. The minimum absolute atomic E-state index is 0.162. The largest absolute Gasteiger partial charge is 0.486 e. The number of nitrogens with zero attached hydrogens (tertiary/aromatic N) is 1. The van der Waals surface area contributed by atoms with Crippen molar-refractivity contribution in [1.82, 2.24) is 5.32 Å². The first-order valence-electron chi connectivity index (χ1n) is 9.59. The Morgan fingerprint density at radius 2 is 1.94 bits per heavy atom. The number of carbonyl (C=O) groups excluding carboxylic acids is 2. The van der Waals surface area contributed by atoms with Crippen LogP contribution < -0.4 is 14.8 Å². The van der Waals surface area contributed by atoms with E-state index in [9.17, 15) is 19.7 Å². The van der Waals surface area contributed by atoms with Gasteiger partial charge in [0.05, 0.1) is 34.1 Å². The first kappa shape index (κ1) is 22.4. The number of ether oxygens (including phenoxy) is 3. The van der Waals surface area contributed by atoms with Crippen LogP contribution in [0, 0.1) is 10.1 Å². The van der Waals surface area contributed by atoms with Gasteiger partial charge in [-0.3, -0.25) is 19.7 Å². The molecule has 0 aromatic heterocycles. The van der Waals surface area contributed by atoms with Crippen molar-refractivity contribution in [2.45, 2.75) is 32.4 Å². The van der Waals surface area contributed by atoms with Crippen LogP contribution in [-0.2, 0) is 9.53 Å². The van der Waals surface area contributed by atoms with Crippen LogP contribution in [0.1, 0.15) is 42.2 Å². The molecule has 2 aromatic carbocycles. The number of rotatable bonds is 7. The van der Waals surface area contributed by atoms with E-state index in [2.05, 4.69) is 5.32 Å². The second-order valence-electron chi connectivity index (χ2n) is 7.07. The third kappa shape index (κ3) is 5.43. The fourth-order valence-electron chi connectivity index (χ4n) is 3.15. The Labute approximate surface area is 183 Å². The zero-order valence-electron chi connectivity index (χ0n) is 16.9. The van der Waals surface area contributed by atoms with E-state index in [-0.39, 0.29) is 34.4 Å². The smallest absolute Gasteiger partial charge is 0.308 e. The van der Waals surface area contributed by atoms with Gasteiger partial charge in [-0.2, -0.15) is 0 Å². The van der Waals surface area contributed by atoms with Crippen molar-refractivity contribution in [1.29, 1.82) is 0 Å². The van der Waals surface area contributed by atoms with Gasteiger partial charge in [0.2, 0.25) is 0 Å². The van der Waals surface area contributed by atoms with Crippen molar-refractivity contribution in [3.05, 3.63) is 62.7 Å². The number of halogens is 1. The van der Waals surface area contributed by atoms with Crippen LogP contribution >= 0.6 is 11.6 Å². The number of benzene rings is 2. The van der Waals surface area contributed by atoms with Gasteiger partial charge >= 0.3 is 5.97 Å². The number of hydrogen-bond donors (Lipinski definition) is 1. The molecule has 0 unspecified atom stereocenters. The van der Waals surface area contributed by atoms with Gasteiger partial charge in [0.15, 0.2) is 11.5 Å². The monoisotopic (exact) mass is 448 g/mol. The fourth-order valence-corrected chi connectivity index (χ4v) is 3.41. The lowest BCUT2D eigenvalue weighted by atomic mass is 10.0. The summed E-state index contributed by atoms with van der Waals surface area (Å²) in [5.41, 5.74) is 0.130. The zero-order chi connectivity index (χ0) is 22.5. The maximum Gasteiger partial charge on any atom is 0.308 e. The summed E-state index contributed by atoms with van der Waals surface area (Å²) in [6.45, 7) is 4.03. The van der Waals surface area contributed by atoms with Gasteiger partial charge in [0.25, 0.3) is 11.6 Å². The van der Waals surface area contributed by atoms with Crippen molar-refractivity contribution in [3.63, 3.8) is 0 Å².